The molecule has 1 unspecified atom stereocenters. The van der Waals surface area contributed by atoms with Crippen LogP contribution in [0.2, 0.25) is 0 Å². The molecule has 6 nitrogen and oxygen atoms in total. The van der Waals surface area contributed by atoms with Crippen molar-refractivity contribution in [3.8, 4) is 0 Å². The molecular weight excluding hydrogens is 222 g/mol. The summed E-state index contributed by atoms with van der Waals surface area (Å²) >= 11 is 0. The van der Waals surface area contributed by atoms with E-state index in [4.69, 9.17) is 5.11 Å². The highest BCUT2D eigenvalue weighted by molar-refractivity contribution is 5.94. The number of anilines is 1. The van der Waals surface area contributed by atoms with Crippen molar-refractivity contribution in [2.24, 2.45) is 13.0 Å². The number of rotatable bonds is 5. The summed E-state index contributed by atoms with van der Waals surface area (Å²) in [5.74, 6) is -0.391. The lowest BCUT2D eigenvalue weighted by Crippen LogP contribution is -2.31. The zero-order valence-corrected chi connectivity index (χ0v) is 10.6. The number of hydrogen-bond donors (Lipinski definition) is 3. The van der Waals surface area contributed by atoms with Crippen molar-refractivity contribution in [2.45, 2.75) is 26.8 Å². The number of aliphatic hydroxyl groups is 1. The summed E-state index contributed by atoms with van der Waals surface area (Å²) in [7, 11) is 1.68. The van der Waals surface area contributed by atoms with Crippen molar-refractivity contribution in [3.05, 3.63) is 11.3 Å². The van der Waals surface area contributed by atoms with E-state index in [9.17, 15) is 9.90 Å². The number of aromatic nitrogens is 2. The summed E-state index contributed by atoms with van der Waals surface area (Å²) in [4.78, 5) is 11.1. The number of carboxylic acid groups (broad SMARTS) is 1. The number of aryl methyl sites for hydroxylation is 2. The van der Waals surface area contributed by atoms with E-state index in [1.54, 1.807) is 14.0 Å². The second kappa shape index (κ2) is 5.18. The second-order valence-corrected chi connectivity index (χ2v) is 4.42. The van der Waals surface area contributed by atoms with E-state index < -0.39 is 5.97 Å². The van der Waals surface area contributed by atoms with Crippen LogP contribution in [0.3, 0.4) is 0 Å². The quantitative estimate of drug-likeness (QED) is 0.711. The topological polar surface area (TPSA) is 87.4 Å². The monoisotopic (exact) mass is 241 g/mol. The predicted molar refractivity (Wildman–Crippen MR) is 64.2 cm³/mol. The molecule has 0 bridgehead atoms. The fourth-order valence-electron chi connectivity index (χ4n) is 1.68. The van der Waals surface area contributed by atoms with E-state index in [-0.39, 0.29) is 24.1 Å². The molecule has 1 heterocycles. The van der Waals surface area contributed by atoms with Crippen LogP contribution in [0, 0.1) is 12.8 Å². The zero-order valence-electron chi connectivity index (χ0n) is 10.6. The minimum absolute atomic E-state index is 0.0546. The molecule has 0 saturated heterocycles. The smallest absolute Gasteiger partial charge is 0.341 e. The Bertz CT molecular complexity index is 412. The molecule has 1 atom stereocenters. The first-order chi connectivity index (χ1) is 7.88. The normalized spacial score (nSPS) is 12.8. The first-order valence-electron chi connectivity index (χ1n) is 5.52. The Kier molecular flexibility index (Phi) is 4.11. The van der Waals surface area contributed by atoms with Crippen LogP contribution in [0.15, 0.2) is 0 Å². The summed E-state index contributed by atoms with van der Waals surface area (Å²) < 4.78 is 1.49. The van der Waals surface area contributed by atoms with Gasteiger partial charge in [0.2, 0.25) is 0 Å². The van der Waals surface area contributed by atoms with Gasteiger partial charge in [0.25, 0.3) is 0 Å². The van der Waals surface area contributed by atoms with Crippen LogP contribution in [0.5, 0.6) is 0 Å². The van der Waals surface area contributed by atoms with Gasteiger partial charge in [-0.2, -0.15) is 5.10 Å². The molecule has 1 rings (SSSR count). The van der Waals surface area contributed by atoms with Gasteiger partial charge >= 0.3 is 5.97 Å². The lowest BCUT2D eigenvalue weighted by molar-refractivity contribution is 0.0697. The average molecular weight is 241 g/mol. The molecular formula is C11H19N3O3. The van der Waals surface area contributed by atoms with Crippen LogP contribution in [0.1, 0.15) is 29.9 Å². The van der Waals surface area contributed by atoms with Gasteiger partial charge in [0.15, 0.2) is 0 Å². The van der Waals surface area contributed by atoms with E-state index in [1.165, 1.54) is 4.68 Å². The molecule has 1 aromatic rings. The molecule has 0 spiro atoms. The van der Waals surface area contributed by atoms with Crippen LogP contribution < -0.4 is 5.32 Å². The molecule has 0 amide bonds. The second-order valence-electron chi connectivity index (χ2n) is 4.42. The molecule has 17 heavy (non-hydrogen) atoms. The van der Waals surface area contributed by atoms with Gasteiger partial charge in [0.05, 0.1) is 18.3 Å². The summed E-state index contributed by atoms with van der Waals surface area (Å²) in [6.45, 7) is 5.51. The van der Waals surface area contributed by atoms with Crippen LogP contribution in [0.25, 0.3) is 0 Å². The maximum atomic E-state index is 11.1. The van der Waals surface area contributed by atoms with Gasteiger partial charge in [-0.3, -0.25) is 4.68 Å². The van der Waals surface area contributed by atoms with Gasteiger partial charge in [-0.15, -0.1) is 0 Å². The minimum atomic E-state index is -1.02. The van der Waals surface area contributed by atoms with Gasteiger partial charge in [0.1, 0.15) is 11.4 Å². The molecule has 0 aliphatic rings. The first-order valence-corrected chi connectivity index (χ1v) is 5.52. The van der Waals surface area contributed by atoms with E-state index in [0.717, 1.165) is 0 Å². The van der Waals surface area contributed by atoms with Gasteiger partial charge in [-0.1, -0.05) is 13.8 Å². The number of nitrogens with zero attached hydrogens (tertiary/aromatic N) is 2. The third-order valence-corrected chi connectivity index (χ3v) is 2.76. The Morgan fingerprint density at radius 2 is 2.12 bits per heavy atom. The Morgan fingerprint density at radius 3 is 2.53 bits per heavy atom. The maximum Gasteiger partial charge on any atom is 0.341 e. The van der Waals surface area contributed by atoms with Crippen molar-refractivity contribution < 1.29 is 15.0 Å². The van der Waals surface area contributed by atoms with Gasteiger partial charge in [0, 0.05) is 7.05 Å². The van der Waals surface area contributed by atoms with Crippen molar-refractivity contribution in [2.75, 3.05) is 11.9 Å². The molecule has 0 aliphatic heterocycles. The number of hydrogen-bond acceptors (Lipinski definition) is 4. The molecule has 6 heteroatoms. The van der Waals surface area contributed by atoms with Crippen molar-refractivity contribution in [1.82, 2.24) is 9.78 Å². The molecule has 0 fully saturated rings. The molecule has 3 N–H and O–H groups in total. The first kappa shape index (κ1) is 13.5. The van der Waals surface area contributed by atoms with Gasteiger partial charge in [-0.05, 0) is 12.8 Å². The largest absolute Gasteiger partial charge is 0.477 e. The van der Waals surface area contributed by atoms with E-state index in [1.807, 2.05) is 13.8 Å². The molecule has 0 saturated carbocycles. The number of carbonyl (C=O) groups is 1. The highest BCUT2D eigenvalue weighted by Gasteiger charge is 2.22. The van der Waals surface area contributed by atoms with Crippen molar-refractivity contribution in [1.29, 1.82) is 0 Å². The minimum Gasteiger partial charge on any atom is -0.477 e. The maximum absolute atomic E-state index is 11.1. The Labute approximate surface area is 100 Å². The molecule has 1 aromatic heterocycles. The van der Waals surface area contributed by atoms with Crippen molar-refractivity contribution in [3.63, 3.8) is 0 Å². The highest BCUT2D eigenvalue weighted by Crippen LogP contribution is 2.21. The molecule has 0 aliphatic carbocycles. The lowest BCUT2D eigenvalue weighted by atomic mass is 10.1. The lowest BCUT2D eigenvalue weighted by Gasteiger charge is -2.21. The van der Waals surface area contributed by atoms with Crippen LogP contribution in [0.4, 0.5) is 5.82 Å². The van der Waals surface area contributed by atoms with Crippen molar-refractivity contribution >= 4 is 11.8 Å². The third kappa shape index (κ3) is 2.76. The number of carboxylic acids is 1. The van der Waals surface area contributed by atoms with Crippen LogP contribution in [-0.4, -0.2) is 38.6 Å². The fraction of sp³-hybridized carbons (Fsp3) is 0.636. The van der Waals surface area contributed by atoms with Crippen LogP contribution >= 0.6 is 0 Å². The van der Waals surface area contributed by atoms with Gasteiger partial charge < -0.3 is 15.5 Å². The molecule has 0 aromatic carbocycles. The summed E-state index contributed by atoms with van der Waals surface area (Å²) in [6, 6.07) is -0.192. The third-order valence-electron chi connectivity index (χ3n) is 2.76. The predicted octanol–water partition coefficient (Wildman–Crippen LogP) is 0.856. The summed E-state index contributed by atoms with van der Waals surface area (Å²) in [5.41, 5.74) is 0.620. The zero-order chi connectivity index (χ0) is 13.2. The Balaban J connectivity index is 3.09. The summed E-state index contributed by atoms with van der Waals surface area (Å²) in [6.07, 6.45) is 0. The summed E-state index contributed by atoms with van der Waals surface area (Å²) in [5, 5.41) is 25.5. The van der Waals surface area contributed by atoms with E-state index in [0.29, 0.717) is 11.5 Å². The number of nitrogens with one attached hydrogen (secondary N) is 1. The Hall–Kier alpha value is -1.56. The van der Waals surface area contributed by atoms with E-state index in [2.05, 4.69) is 10.4 Å². The molecule has 0 radical (unpaired) electrons. The van der Waals surface area contributed by atoms with Gasteiger partial charge in [-0.25, -0.2) is 4.79 Å². The molecule has 96 valence electrons. The number of aromatic carboxylic acids is 1. The Morgan fingerprint density at radius 1 is 1.53 bits per heavy atom. The van der Waals surface area contributed by atoms with E-state index >= 15 is 0 Å². The highest BCUT2D eigenvalue weighted by atomic mass is 16.4. The number of aliphatic hydroxyl groups excluding tert-OH is 1. The fourth-order valence-corrected chi connectivity index (χ4v) is 1.68. The SMILES string of the molecule is Cc1nn(C)c(NC(CO)C(C)C)c1C(=O)O. The average Bonchev–Trinajstić information content (AvgIpc) is 2.49. The standard InChI is InChI=1S/C11H19N3O3/c1-6(2)8(5-15)12-10-9(11(16)17)7(3)13-14(10)4/h6,8,12,15H,5H2,1-4H3,(H,16,17). The van der Waals surface area contributed by atoms with Crippen LogP contribution in [-0.2, 0) is 7.05 Å².